The fourth-order valence-corrected chi connectivity index (χ4v) is 1.80. The maximum absolute atomic E-state index is 11.8. The number of nitrogens with zero attached hydrogens (tertiary/aromatic N) is 2. The number of benzene rings is 1. The van der Waals surface area contributed by atoms with Crippen LogP contribution < -0.4 is 5.32 Å². The Bertz CT molecular complexity index is 679. The zero-order valence-electron chi connectivity index (χ0n) is 11.6. The van der Waals surface area contributed by atoms with Gasteiger partial charge in [-0.05, 0) is 21.5 Å². The van der Waals surface area contributed by atoms with E-state index in [1.165, 1.54) is 13.3 Å². The standard InChI is InChI=1S/C14H12BrN3O4/c1-21-13(19)10-7-16-11(15)12(17-10)18-14(20)22-8-9-5-3-2-4-6-9/h2-7H,8H2,1H3,(H,17,18,20). The first-order valence-electron chi connectivity index (χ1n) is 6.18. The van der Waals surface area contributed by atoms with Crippen molar-refractivity contribution in [2.45, 2.75) is 6.61 Å². The first-order valence-corrected chi connectivity index (χ1v) is 6.98. The number of methoxy groups -OCH3 is 1. The van der Waals surface area contributed by atoms with Gasteiger partial charge in [-0.3, -0.25) is 5.32 Å². The molecule has 2 aromatic rings. The van der Waals surface area contributed by atoms with Crippen LogP contribution in [0.15, 0.2) is 41.1 Å². The van der Waals surface area contributed by atoms with Crippen LogP contribution in [0, 0.1) is 0 Å². The van der Waals surface area contributed by atoms with E-state index in [4.69, 9.17) is 4.74 Å². The van der Waals surface area contributed by atoms with Crippen LogP contribution in [0.1, 0.15) is 16.1 Å². The molecule has 1 amide bonds. The molecule has 8 heteroatoms. The molecule has 0 saturated heterocycles. The van der Waals surface area contributed by atoms with E-state index >= 15 is 0 Å². The van der Waals surface area contributed by atoms with Crippen LogP contribution >= 0.6 is 15.9 Å². The lowest BCUT2D eigenvalue weighted by atomic mass is 10.2. The summed E-state index contributed by atoms with van der Waals surface area (Å²) in [6.45, 7) is 0.119. The Balaban J connectivity index is 2.00. The highest BCUT2D eigenvalue weighted by molar-refractivity contribution is 9.10. The zero-order chi connectivity index (χ0) is 15.9. The first-order chi connectivity index (χ1) is 10.6. The van der Waals surface area contributed by atoms with Crippen LogP contribution in [0.4, 0.5) is 10.6 Å². The third kappa shape index (κ3) is 4.26. The van der Waals surface area contributed by atoms with Gasteiger partial charge in [0.2, 0.25) is 0 Å². The first kappa shape index (κ1) is 15.9. The smallest absolute Gasteiger partial charge is 0.413 e. The molecule has 0 aliphatic heterocycles. The van der Waals surface area contributed by atoms with Gasteiger partial charge in [0.25, 0.3) is 0 Å². The molecule has 0 atom stereocenters. The molecule has 0 saturated carbocycles. The number of aromatic nitrogens is 2. The van der Waals surface area contributed by atoms with E-state index in [1.54, 1.807) is 0 Å². The predicted octanol–water partition coefficient (Wildman–Crippen LogP) is 2.77. The molecule has 2 rings (SSSR count). The molecular weight excluding hydrogens is 354 g/mol. The Kier molecular flexibility index (Phi) is 5.42. The molecule has 1 aromatic heterocycles. The zero-order valence-corrected chi connectivity index (χ0v) is 13.2. The largest absolute Gasteiger partial charge is 0.464 e. The molecule has 1 N–H and O–H groups in total. The summed E-state index contributed by atoms with van der Waals surface area (Å²) in [6.07, 6.45) is 0.525. The number of carbonyl (C=O) groups excluding carboxylic acids is 2. The molecule has 114 valence electrons. The average Bonchev–Trinajstić information content (AvgIpc) is 2.55. The van der Waals surface area contributed by atoms with Crippen LogP contribution in [-0.4, -0.2) is 29.1 Å². The third-order valence-corrected chi connectivity index (χ3v) is 3.14. The second-order valence-electron chi connectivity index (χ2n) is 4.07. The Labute approximate surface area is 134 Å². The number of ether oxygens (including phenoxy) is 2. The molecule has 0 aliphatic carbocycles. The lowest BCUT2D eigenvalue weighted by Gasteiger charge is -2.08. The summed E-state index contributed by atoms with van der Waals surface area (Å²) in [6, 6.07) is 9.23. The quantitative estimate of drug-likeness (QED) is 0.837. The number of hydrogen-bond donors (Lipinski definition) is 1. The van der Waals surface area contributed by atoms with E-state index < -0.39 is 12.1 Å². The van der Waals surface area contributed by atoms with Crippen molar-refractivity contribution >= 4 is 33.8 Å². The molecule has 7 nitrogen and oxygen atoms in total. The number of nitrogens with one attached hydrogen (secondary N) is 1. The highest BCUT2D eigenvalue weighted by Crippen LogP contribution is 2.17. The number of anilines is 1. The van der Waals surface area contributed by atoms with Crippen molar-refractivity contribution in [1.29, 1.82) is 0 Å². The summed E-state index contributed by atoms with van der Waals surface area (Å²) in [4.78, 5) is 31.0. The molecule has 0 bridgehead atoms. The lowest BCUT2D eigenvalue weighted by Crippen LogP contribution is -2.17. The highest BCUT2D eigenvalue weighted by Gasteiger charge is 2.14. The van der Waals surface area contributed by atoms with Crippen LogP contribution in [-0.2, 0) is 16.1 Å². The minimum Gasteiger partial charge on any atom is -0.464 e. The van der Waals surface area contributed by atoms with E-state index in [0.717, 1.165) is 5.56 Å². The Morgan fingerprint density at radius 3 is 2.68 bits per heavy atom. The van der Waals surface area contributed by atoms with E-state index in [-0.39, 0.29) is 22.7 Å². The Hall–Kier alpha value is -2.48. The SMILES string of the molecule is COC(=O)c1cnc(Br)c(NC(=O)OCc2ccccc2)n1. The molecule has 0 aliphatic rings. The van der Waals surface area contributed by atoms with Gasteiger partial charge in [-0.2, -0.15) is 0 Å². The van der Waals surface area contributed by atoms with Gasteiger partial charge in [-0.1, -0.05) is 30.3 Å². The van der Waals surface area contributed by atoms with Gasteiger partial charge in [0.1, 0.15) is 11.2 Å². The van der Waals surface area contributed by atoms with Gasteiger partial charge in [0.15, 0.2) is 11.5 Å². The second kappa shape index (κ2) is 7.51. The van der Waals surface area contributed by atoms with E-state index in [1.807, 2.05) is 30.3 Å². The predicted molar refractivity (Wildman–Crippen MR) is 81.3 cm³/mol. The van der Waals surface area contributed by atoms with Crippen molar-refractivity contribution in [2.75, 3.05) is 12.4 Å². The molecule has 1 heterocycles. The maximum atomic E-state index is 11.8. The van der Waals surface area contributed by atoms with Crippen molar-refractivity contribution in [1.82, 2.24) is 9.97 Å². The summed E-state index contributed by atoms with van der Waals surface area (Å²) >= 11 is 3.13. The molecule has 0 fully saturated rings. The Morgan fingerprint density at radius 1 is 1.27 bits per heavy atom. The maximum Gasteiger partial charge on any atom is 0.413 e. The number of rotatable bonds is 4. The minimum absolute atomic E-state index is 0.0240. The monoisotopic (exact) mass is 365 g/mol. The van der Waals surface area contributed by atoms with E-state index in [9.17, 15) is 9.59 Å². The van der Waals surface area contributed by atoms with Crippen molar-refractivity contribution in [3.8, 4) is 0 Å². The van der Waals surface area contributed by atoms with Crippen LogP contribution in [0.2, 0.25) is 0 Å². The van der Waals surface area contributed by atoms with Gasteiger partial charge in [0, 0.05) is 0 Å². The van der Waals surface area contributed by atoms with Crippen molar-refractivity contribution < 1.29 is 19.1 Å². The number of esters is 1. The number of hydrogen-bond acceptors (Lipinski definition) is 6. The highest BCUT2D eigenvalue weighted by atomic mass is 79.9. The average molecular weight is 366 g/mol. The number of carbonyl (C=O) groups is 2. The van der Waals surface area contributed by atoms with E-state index in [0.29, 0.717) is 0 Å². The molecule has 0 radical (unpaired) electrons. The lowest BCUT2D eigenvalue weighted by molar-refractivity contribution is 0.0593. The van der Waals surface area contributed by atoms with Crippen LogP contribution in [0.25, 0.3) is 0 Å². The van der Waals surface area contributed by atoms with Gasteiger partial charge in [-0.25, -0.2) is 19.6 Å². The van der Waals surface area contributed by atoms with Crippen LogP contribution in [0.5, 0.6) is 0 Å². The summed E-state index contributed by atoms with van der Waals surface area (Å²) < 4.78 is 9.87. The minimum atomic E-state index is -0.708. The van der Waals surface area contributed by atoms with Crippen LogP contribution in [0.3, 0.4) is 0 Å². The molecule has 0 unspecified atom stereocenters. The van der Waals surface area contributed by atoms with Gasteiger partial charge in [0.05, 0.1) is 13.3 Å². The molecule has 0 spiro atoms. The molecular formula is C14H12BrN3O4. The summed E-state index contributed by atoms with van der Waals surface area (Å²) in [5.74, 6) is -0.582. The van der Waals surface area contributed by atoms with Gasteiger partial charge in [-0.15, -0.1) is 0 Å². The fraction of sp³-hybridized carbons (Fsp3) is 0.143. The van der Waals surface area contributed by atoms with E-state index in [2.05, 4.69) is 36.0 Å². The fourth-order valence-electron chi connectivity index (χ4n) is 1.51. The summed E-state index contributed by atoms with van der Waals surface area (Å²) in [5.41, 5.74) is 0.829. The normalized spacial score (nSPS) is 9.91. The second-order valence-corrected chi connectivity index (χ2v) is 4.82. The Morgan fingerprint density at radius 2 is 2.00 bits per heavy atom. The van der Waals surface area contributed by atoms with Crippen molar-refractivity contribution in [3.63, 3.8) is 0 Å². The van der Waals surface area contributed by atoms with Gasteiger partial charge >= 0.3 is 12.1 Å². The van der Waals surface area contributed by atoms with Crippen molar-refractivity contribution in [3.05, 3.63) is 52.4 Å². The number of halogens is 1. The molecule has 1 aromatic carbocycles. The topological polar surface area (TPSA) is 90.4 Å². The van der Waals surface area contributed by atoms with Crippen molar-refractivity contribution in [2.24, 2.45) is 0 Å². The summed E-state index contributed by atoms with van der Waals surface area (Å²) in [5, 5.41) is 2.41. The summed E-state index contributed by atoms with van der Waals surface area (Å²) in [7, 11) is 1.23. The molecule has 22 heavy (non-hydrogen) atoms. The van der Waals surface area contributed by atoms with Gasteiger partial charge < -0.3 is 9.47 Å². The third-order valence-electron chi connectivity index (χ3n) is 2.56. The number of amides is 1.